The molecule has 0 saturated heterocycles. The Balaban J connectivity index is 2.01. The Bertz CT molecular complexity index is 671. The van der Waals surface area contributed by atoms with Crippen molar-refractivity contribution in [3.8, 4) is 0 Å². The molecule has 0 spiro atoms. The van der Waals surface area contributed by atoms with Gasteiger partial charge >= 0.3 is 5.69 Å². The van der Waals surface area contributed by atoms with Crippen molar-refractivity contribution in [2.24, 2.45) is 0 Å². The third-order valence-corrected chi connectivity index (χ3v) is 2.34. The highest BCUT2D eigenvalue weighted by Gasteiger charge is 2.12. The largest absolute Gasteiger partial charge is 0.324 e. The number of carbonyl (C=O) groups excluding carboxylic acids is 1. The lowest BCUT2D eigenvalue weighted by molar-refractivity contribution is -0.385. The Labute approximate surface area is 111 Å². The Hall–Kier alpha value is -2.84. The molecule has 104 valence electrons. The van der Waals surface area contributed by atoms with Gasteiger partial charge in [-0.05, 0) is 12.1 Å². The van der Waals surface area contributed by atoms with Gasteiger partial charge in [-0.2, -0.15) is 5.10 Å². The monoisotopic (exact) mass is 282 g/mol. The summed E-state index contributed by atoms with van der Waals surface area (Å²) >= 11 is 0. The van der Waals surface area contributed by atoms with Crippen molar-refractivity contribution in [1.82, 2.24) is 9.78 Å². The molecule has 0 bridgehead atoms. The van der Waals surface area contributed by atoms with Crippen LogP contribution in [0.5, 0.6) is 0 Å². The molecule has 0 atom stereocenters. The predicted molar refractivity (Wildman–Crippen MR) is 63.9 cm³/mol. The van der Waals surface area contributed by atoms with Gasteiger partial charge in [-0.3, -0.25) is 19.6 Å². The zero-order valence-corrected chi connectivity index (χ0v) is 9.92. The molecule has 1 aromatic carbocycles. The molecule has 0 saturated carbocycles. The average Bonchev–Trinajstić information content (AvgIpc) is 2.82. The summed E-state index contributed by atoms with van der Waals surface area (Å²) in [5.41, 5.74) is -0.166. The second kappa shape index (κ2) is 5.43. The Morgan fingerprint density at radius 1 is 1.40 bits per heavy atom. The van der Waals surface area contributed by atoms with E-state index in [2.05, 4.69) is 10.4 Å². The number of nitrogens with one attached hydrogen (secondary N) is 1. The van der Waals surface area contributed by atoms with Gasteiger partial charge in [0.25, 0.3) is 0 Å². The fourth-order valence-electron chi connectivity index (χ4n) is 1.45. The molecule has 1 amide bonds. The minimum absolute atomic E-state index is 0.0792. The quantitative estimate of drug-likeness (QED) is 0.682. The van der Waals surface area contributed by atoms with E-state index in [9.17, 15) is 23.7 Å². The van der Waals surface area contributed by atoms with E-state index in [4.69, 9.17) is 0 Å². The molecule has 1 heterocycles. The van der Waals surface area contributed by atoms with E-state index in [1.165, 1.54) is 6.07 Å². The number of halogens is 2. The number of rotatable bonds is 4. The van der Waals surface area contributed by atoms with Crippen LogP contribution in [-0.2, 0) is 11.3 Å². The minimum atomic E-state index is -1.09. The van der Waals surface area contributed by atoms with Gasteiger partial charge in [-0.15, -0.1) is 0 Å². The second-order valence-corrected chi connectivity index (χ2v) is 3.83. The van der Waals surface area contributed by atoms with E-state index in [-0.39, 0.29) is 17.9 Å². The maximum Gasteiger partial charge on any atom is 0.307 e. The van der Waals surface area contributed by atoms with Crippen molar-refractivity contribution in [3.63, 3.8) is 0 Å². The number of nitro groups is 1. The number of hydrogen-bond donors (Lipinski definition) is 1. The first-order valence-corrected chi connectivity index (χ1v) is 5.37. The Kier molecular flexibility index (Phi) is 3.69. The summed E-state index contributed by atoms with van der Waals surface area (Å²) in [6.45, 7) is -0.285. The first-order chi connectivity index (χ1) is 9.45. The van der Waals surface area contributed by atoms with E-state index in [0.29, 0.717) is 0 Å². The molecular weight excluding hydrogens is 274 g/mol. The summed E-state index contributed by atoms with van der Waals surface area (Å²) < 4.78 is 26.7. The van der Waals surface area contributed by atoms with Gasteiger partial charge in [0.05, 0.1) is 4.92 Å². The third-order valence-electron chi connectivity index (χ3n) is 2.34. The van der Waals surface area contributed by atoms with Crippen LogP contribution in [0.15, 0.2) is 30.6 Å². The molecule has 1 N–H and O–H groups in total. The lowest BCUT2D eigenvalue weighted by atomic mass is 10.3. The first-order valence-electron chi connectivity index (χ1n) is 5.37. The average molecular weight is 282 g/mol. The normalized spacial score (nSPS) is 10.3. The zero-order valence-electron chi connectivity index (χ0n) is 9.92. The number of carbonyl (C=O) groups is 1. The molecule has 0 aliphatic rings. The van der Waals surface area contributed by atoms with Crippen molar-refractivity contribution >= 4 is 17.3 Å². The molecule has 9 heteroatoms. The Morgan fingerprint density at radius 3 is 2.75 bits per heavy atom. The molecule has 0 radical (unpaired) electrons. The molecule has 2 aromatic rings. The van der Waals surface area contributed by atoms with Crippen LogP contribution >= 0.6 is 0 Å². The van der Waals surface area contributed by atoms with Gasteiger partial charge in [-0.25, -0.2) is 8.78 Å². The maximum atomic E-state index is 12.9. The Morgan fingerprint density at radius 2 is 2.15 bits per heavy atom. The molecule has 2 rings (SSSR count). The summed E-state index contributed by atoms with van der Waals surface area (Å²) in [5, 5.41) is 16.4. The van der Waals surface area contributed by atoms with Crippen LogP contribution in [0, 0.1) is 21.7 Å². The summed E-state index contributed by atoms with van der Waals surface area (Å²) in [6, 6.07) is 2.91. The van der Waals surface area contributed by atoms with Crippen LogP contribution in [0.2, 0.25) is 0 Å². The van der Waals surface area contributed by atoms with Crippen molar-refractivity contribution < 1.29 is 18.5 Å². The van der Waals surface area contributed by atoms with Gasteiger partial charge < -0.3 is 5.32 Å². The van der Waals surface area contributed by atoms with E-state index in [0.717, 1.165) is 29.2 Å². The fraction of sp³-hybridized carbons (Fsp3) is 0.0909. The van der Waals surface area contributed by atoms with E-state index >= 15 is 0 Å². The van der Waals surface area contributed by atoms with E-state index < -0.39 is 22.5 Å². The van der Waals surface area contributed by atoms with Crippen LogP contribution in [0.3, 0.4) is 0 Å². The van der Waals surface area contributed by atoms with E-state index in [1.54, 1.807) is 0 Å². The molecule has 0 aliphatic heterocycles. The van der Waals surface area contributed by atoms with E-state index in [1.807, 2.05) is 0 Å². The lowest BCUT2D eigenvalue weighted by Gasteiger charge is -2.05. The maximum absolute atomic E-state index is 12.9. The highest BCUT2D eigenvalue weighted by Crippen LogP contribution is 2.13. The summed E-state index contributed by atoms with van der Waals surface area (Å²) in [6.07, 6.45) is 2.09. The highest BCUT2D eigenvalue weighted by molar-refractivity contribution is 5.90. The molecule has 0 aliphatic carbocycles. The molecule has 0 fully saturated rings. The number of anilines is 1. The van der Waals surface area contributed by atoms with Crippen LogP contribution in [-0.4, -0.2) is 20.6 Å². The molecule has 0 unspecified atom stereocenters. The van der Waals surface area contributed by atoms with Crippen molar-refractivity contribution in [2.75, 3.05) is 5.32 Å². The van der Waals surface area contributed by atoms with Crippen LogP contribution in [0.25, 0.3) is 0 Å². The predicted octanol–water partition coefficient (Wildman–Crippen LogP) is 1.71. The van der Waals surface area contributed by atoms with Gasteiger partial charge in [0.1, 0.15) is 18.9 Å². The van der Waals surface area contributed by atoms with Crippen molar-refractivity contribution in [2.45, 2.75) is 6.54 Å². The number of aromatic nitrogens is 2. The SMILES string of the molecule is O=C(Cn1cc([N+](=O)[O-])cn1)Nc1ccc(F)c(F)c1. The second-order valence-electron chi connectivity index (χ2n) is 3.83. The van der Waals surface area contributed by atoms with Crippen LogP contribution in [0.4, 0.5) is 20.2 Å². The lowest BCUT2D eigenvalue weighted by Crippen LogP contribution is -2.19. The number of benzene rings is 1. The highest BCUT2D eigenvalue weighted by atomic mass is 19.2. The molecule has 7 nitrogen and oxygen atoms in total. The van der Waals surface area contributed by atoms with Gasteiger partial charge in [0.2, 0.25) is 5.91 Å². The van der Waals surface area contributed by atoms with Gasteiger partial charge in [0.15, 0.2) is 11.6 Å². The summed E-state index contributed by atoms with van der Waals surface area (Å²) in [4.78, 5) is 21.4. The van der Waals surface area contributed by atoms with Crippen LogP contribution in [0.1, 0.15) is 0 Å². The third kappa shape index (κ3) is 3.13. The smallest absolute Gasteiger partial charge is 0.307 e. The van der Waals surface area contributed by atoms with Gasteiger partial charge in [0, 0.05) is 11.8 Å². The van der Waals surface area contributed by atoms with Gasteiger partial charge in [-0.1, -0.05) is 0 Å². The molecular formula is C11H8F2N4O3. The molecule has 20 heavy (non-hydrogen) atoms. The fourth-order valence-corrected chi connectivity index (χ4v) is 1.45. The number of amides is 1. The first kappa shape index (κ1) is 13.6. The minimum Gasteiger partial charge on any atom is -0.324 e. The number of hydrogen-bond acceptors (Lipinski definition) is 4. The summed E-state index contributed by atoms with van der Waals surface area (Å²) in [7, 11) is 0. The standard InChI is InChI=1S/C11H8F2N4O3/c12-9-2-1-7(3-10(9)13)15-11(18)6-16-5-8(4-14-16)17(19)20/h1-5H,6H2,(H,15,18). The van der Waals surface area contributed by atoms with Crippen molar-refractivity contribution in [3.05, 3.63) is 52.3 Å². The van der Waals surface area contributed by atoms with Crippen molar-refractivity contribution in [1.29, 1.82) is 0 Å². The summed E-state index contributed by atoms with van der Waals surface area (Å²) in [5.74, 6) is -2.68. The zero-order chi connectivity index (χ0) is 14.7. The van der Waals surface area contributed by atoms with Crippen LogP contribution < -0.4 is 5.32 Å². The number of nitrogens with zero attached hydrogens (tertiary/aromatic N) is 3. The molecule has 1 aromatic heterocycles. The topological polar surface area (TPSA) is 90.1 Å².